The van der Waals surface area contributed by atoms with Gasteiger partial charge in [0.15, 0.2) is 9.84 Å². The van der Waals surface area contributed by atoms with Crippen LogP contribution in [0.1, 0.15) is 5.56 Å². The molecular formula is C10H12N2O3S. The van der Waals surface area contributed by atoms with Gasteiger partial charge in [0.05, 0.1) is 29.4 Å². The Morgan fingerprint density at radius 1 is 1.50 bits per heavy atom. The third-order valence-electron chi connectivity index (χ3n) is 1.94. The maximum atomic E-state index is 11.8. The lowest BCUT2D eigenvalue weighted by atomic mass is 10.2. The average molecular weight is 240 g/mol. The van der Waals surface area contributed by atoms with Crippen molar-refractivity contribution in [3.63, 3.8) is 0 Å². The molecule has 86 valence electrons. The van der Waals surface area contributed by atoms with Crippen molar-refractivity contribution < 1.29 is 13.3 Å². The number of hydroxylamine groups is 1. The SMILES string of the molecule is CONCCS(=O)(=O)c1cccc(C#N)c1. The third-order valence-corrected chi connectivity index (χ3v) is 3.65. The summed E-state index contributed by atoms with van der Waals surface area (Å²) < 4.78 is 23.5. The van der Waals surface area contributed by atoms with E-state index in [2.05, 4.69) is 10.3 Å². The van der Waals surface area contributed by atoms with Crippen molar-refractivity contribution in [2.24, 2.45) is 0 Å². The molecule has 0 spiro atoms. The maximum absolute atomic E-state index is 11.8. The van der Waals surface area contributed by atoms with Crippen LogP contribution in [0.2, 0.25) is 0 Å². The molecule has 1 N–H and O–H groups in total. The number of nitrogens with zero attached hydrogens (tertiary/aromatic N) is 1. The summed E-state index contributed by atoms with van der Waals surface area (Å²) in [6.45, 7) is 0.204. The van der Waals surface area contributed by atoms with Crippen LogP contribution in [0.3, 0.4) is 0 Å². The predicted molar refractivity (Wildman–Crippen MR) is 58.2 cm³/mol. The summed E-state index contributed by atoms with van der Waals surface area (Å²) in [7, 11) is -1.94. The van der Waals surface area contributed by atoms with Crippen LogP contribution in [-0.4, -0.2) is 27.8 Å². The highest BCUT2D eigenvalue weighted by molar-refractivity contribution is 7.91. The quantitative estimate of drug-likeness (QED) is 0.598. The average Bonchev–Trinajstić information content (AvgIpc) is 2.29. The van der Waals surface area contributed by atoms with Crippen LogP contribution < -0.4 is 5.48 Å². The summed E-state index contributed by atoms with van der Waals surface area (Å²) in [6, 6.07) is 7.85. The summed E-state index contributed by atoms with van der Waals surface area (Å²) in [6.07, 6.45) is 0. The molecule has 0 saturated heterocycles. The first-order valence-electron chi connectivity index (χ1n) is 4.59. The van der Waals surface area contributed by atoms with Gasteiger partial charge in [-0.15, -0.1) is 0 Å². The van der Waals surface area contributed by atoms with Gasteiger partial charge >= 0.3 is 0 Å². The van der Waals surface area contributed by atoms with Crippen LogP contribution in [0.4, 0.5) is 0 Å². The summed E-state index contributed by atoms with van der Waals surface area (Å²) in [5, 5.41) is 8.66. The number of benzene rings is 1. The number of rotatable bonds is 5. The van der Waals surface area contributed by atoms with Crippen LogP contribution in [-0.2, 0) is 14.7 Å². The van der Waals surface area contributed by atoms with Crippen LogP contribution in [0.15, 0.2) is 29.2 Å². The van der Waals surface area contributed by atoms with Crippen LogP contribution in [0, 0.1) is 11.3 Å². The number of hydrogen-bond acceptors (Lipinski definition) is 5. The normalized spacial score (nSPS) is 11.0. The molecule has 0 fully saturated rings. The number of hydrogen-bond donors (Lipinski definition) is 1. The van der Waals surface area contributed by atoms with Crippen molar-refractivity contribution in [1.29, 1.82) is 5.26 Å². The second-order valence-electron chi connectivity index (χ2n) is 3.06. The number of nitrogens with one attached hydrogen (secondary N) is 1. The molecule has 0 aliphatic rings. The van der Waals surface area contributed by atoms with Crippen LogP contribution in [0.5, 0.6) is 0 Å². The first kappa shape index (κ1) is 12.6. The molecule has 1 aromatic rings. The molecular weight excluding hydrogens is 228 g/mol. The van der Waals surface area contributed by atoms with Gasteiger partial charge in [0, 0.05) is 6.54 Å². The molecule has 0 amide bonds. The monoisotopic (exact) mass is 240 g/mol. The highest BCUT2D eigenvalue weighted by Crippen LogP contribution is 2.12. The Balaban J connectivity index is 2.86. The Kier molecular flexibility index (Phi) is 4.43. The second kappa shape index (κ2) is 5.61. The van der Waals surface area contributed by atoms with E-state index in [1.54, 1.807) is 12.1 Å². The molecule has 0 aromatic heterocycles. The van der Waals surface area contributed by atoms with Crippen molar-refractivity contribution in [3.05, 3.63) is 29.8 Å². The van der Waals surface area contributed by atoms with E-state index in [4.69, 9.17) is 5.26 Å². The lowest BCUT2D eigenvalue weighted by Crippen LogP contribution is -2.22. The van der Waals surface area contributed by atoms with Crippen molar-refractivity contribution >= 4 is 9.84 Å². The summed E-state index contributed by atoms with van der Waals surface area (Å²) >= 11 is 0. The van der Waals surface area contributed by atoms with Gasteiger partial charge in [-0.25, -0.2) is 13.9 Å². The molecule has 0 bridgehead atoms. The van der Waals surface area contributed by atoms with E-state index in [1.165, 1.54) is 19.2 Å². The molecule has 1 aromatic carbocycles. The van der Waals surface area contributed by atoms with E-state index < -0.39 is 9.84 Å². The zero-order chi connectivity index (χ0) is 12.0. The lowest BCUT2D eigenvalue weighted by Gasteiger charge is -2.04. The molecule has 1 rings (SSSR count). The van der Waals surface area contributed by atoms with Crippen molar-refractivity contribution in [2.45, 2.75) is 4.90 Å². The first-order chi connectivity index (χ1) is 7.60. The zero-order valence-corrected chi connectivity index (χ0v) is 9.62. The Morgan fingerprint density at radius 2 is 2.25 bits per heavy atom. The van der Waals surface area contributed by atoms with E-state index in [-0.39, 0.29) is 17.2 Å². The van der Waals surface area contributed by atoms with Gasteiger partial charge in [0.1, 0.15) is 0 Å². The summed E-state index contributed by atoms with van der Waals surface area (Å²) in [5.41, 5.74) is 2.79. The number of nitriles is 1. The molecule has 0 aliphatic heterocycles. The zero-order valence-electron chi connectivity index (χ0n) is 8.80. The molecule has 16 heavy (non-hydrogen) atoms. The minimum Gasteiger partial charge on any atom is -0.305 e. The molecule has 0 unspecified atom stereocenters. The van der Waals surface area contributed by atoms with Gasteiger partial charge in [0.25, 0.3) is 0 Å². The molecule has 5 nitrogen and oxygen atoms in total. The topological polar surface area (TPSA) is 79.2 Å². The third kappa shape index (κ3) is 3.31. The van der Waals surface area contributed by atoms with Crippen molar-refractivity contribution in [3.8, 4) is 6.07 Å². The Labute approximate surface area is 94.5 Å². The molecule has 0 saturated carbocycles. The molecule has 6 heteroatoms. The van der Waals surface area contributed by atoms with Gasteiger partial charge in [0.2, 0.25) is 0 Å². The van der Waals surface area contributed by atoms with Gasteiger partial charge < -0.3 is 4.84 Å². The maximum Gasteiger partial charge on any atom is 0.179 e. The lowest BCUT2D eigenvalue weighted by molar-refractivity contribution is 0.0967. The van der Waals surface area contributed by atoms with Crippen LogP contribution in [0.25, 0.3) is 0 Å². The molecule has 0 atom stereocenters. The highest BCUT2D eigenvalue weighted by atomic mass is 32.2. The fourth-order valence-electron chi connectivity index (χ4n) is 1.16. The van der Waals surface area contributed by atoms with E-state index in [9.17, 15) is 8.42 Å². The van der Waals surface area contributed by atoms with E-state index in [0.717, 1.165) is 0 Å². The fourth-order valence-corrected chi connectivity index (χ4v) is 2.34. The predicted octanol–water partition coefficient (Wildman–Crippen LogP) is 0.483. The smallest absolute Gasteiger partial charge is 0.179 e. The minimum atomic E-state index is -3.36. The van der Waals surface area contributed by atoms with Gasteiger partial charge in [-0.3, -0.25) is 0 Å². The minimum absolute atomic E-state index is 0.0737. The standard InChI is InChI=1S/C10H12N2O3S/c1-15-12-5-6-16(13,14)10-4-2-3-9(7-10)8-11/h2-4,7,12H,5-6H2,1H3. The van der Waals surface area contributed by atoms with E-state index in [0.29, 0.717) is 5.56 Å². The van der Waals surface area contributed by atoms with E-state index in [1.807, 2.05) is 6.07 Å². The van der Waals surface area contributed by atoms with Gasteiger partial charge in [-0.2, -0.15) is 5.26 Å². The Bertz CT molecular complexity index is 491. The Hall–Kier alpha value is -1.42. The second-order valence-corrected chi connectivity index (χ2v) is 5.17. The largest absolute Gasteiger partial charge is 0.305 e. The van der Waals surface area contributed by atoms with Gasteiger partial charge in [-0.1, -0.05) is 6.07 Å². The van der Waals surface area contributed by atoms with E-state index >= 15 is 0 Å². The molecule has 0 radical (unpaired) electrons. The fraction of sp³-hybridized carbons (Fsp3) is 0.300. The summed E-state index contributed by atoms with van der Waals surface area (Å²) in [5.74, 6) is -0.0737. The van der Waals surface area contributed by atoms with Crippen LogP contribution >= 0.6 is 0 Å². The van der Waals surface area contributed by atoms with Crippen molar-refractivity contribution in [1.82, 2.24) is 5.48 Å². The first-order valence-corrected chi connectivity index (χ1v) is 6.24. The van der Waals surface area contributed by atoms with Crippen molar-refractivity contribution in [2.75, 3.05) is 19.4 Å². The molecule has 0 aliphatic carbocycles. The molecule has 0 heterocycles. The number of sulfone groups is 1. The summed E-state index contributed by atoms with van der Waals surface area (Å²) in [4.78, 5) is 4.71. The van der Waals surface area contributed by atoms with Gasteiger partial charge in [-0.05, 0) is 18.2 Å². The Morgan fingerprint density at radius 3 is 2.88 bits per heavy atom. The highest BCUT2D eigenvalue weighted by Gasteiger charge is 2.14.